The van der Waals surface area contributed by atoms with Gasteiger partial charge >= 0.3 is 0 Å². The van der Waals surface area contributed by atoms with Gasteiger partial charge in [-0.05, 0) is 42.8 Å². The molecule has 2 rings (SSSR count). The first-order valence-corrected chi connectivity index (χ1v) is 7.05. The lowest BCUT2D eigenvalue weighted by atomic mass is 10.0. The van der Waals surface area contributed by atoms with E-state index >= 15 is 0 Å². The monoisotopic (exact) mass is 288 g/mol. The van der Waals surface area contributed by atoms with Crippen molar-refractivity contribution in [2.45, 2.75) is 13.0 Å². The number of halogens is 1. The fraction of sp³-hybridized carbons (Fsp3) is 0.294. The van der Waals surface area contributed by atoms with Crippen LogP contribution in [-0.2, 0) is 0 Å². The number of hydrogen-bond donors (Lipinski definition) is 1. The lowest BCUT2D eigenvalue weighted by Gasteiger charge is -2.32. The van der Waals surface area contributed by atoms with Gasteiger partial charge in [0.1, 0.15) is 11.6 Å². The molecule has 0 bridgehead atoms. The summed E-state index contributed by atoms with van der Waals surface area (Å²) in [5.74, 6) is 0.569. The molecule has 1 atom stereocenters. The van der Waals surface area contributed by atoms with Gasteiger partial charge in [0.05, 0.1) is 13.2 Å². The van der Waals surface area contributed by atoms with Crippen LogP contribution in [0.2, 0.25) is 0 Å². The van der Waals surface area contributed by atoms with Crippen LogP contribution in [0.4, 0.5) is 10.1 Å². The van der Waals surface area contributed by atoms with E-state index in [9.17, 15) is 4.39 Å². The summed E-state index contributed by atoms with van der Waals surface area (Å²) in [6, 6.07) is 14.4. The summed E-state index contributed by atoms with van der Waals surface area (Å²) in [4.78, 5) is 2.10. The van der Waals surface area contributed by atoms with Crippen molar-refractivity contribution < 1.29 is 9.13 Å². The lowest BCUT2D eigenvalue weighted by Crippen LogP contribution is -2.33. The van der Waals surface area contributed by atoms with Crippen LogP contribution in [0.15, 0.2) is 48.5 Å². The van der Waals surface area contributed by atoms with Crippen molar-refractivity contribution in [1.82, 2.24) is 0 Å². The minimum atomic E-state index is -0.239. The summed E-state index contributed by atoms with van der Waals surface area (Å²) in [6.07, 6.45) is 0. The molecule has 0 aliphatic heterocycles. The Balaban J connectivity index is 2.32. The van der Waals surface area contributed by atoms with E-state index in [2.05, 4.69) is 4.90 Å². The molecule has 1 unspecified atom stereocenters. The molecule has 3 nitrogen and oxygen atoms in total. The Bertz CT molecular complexity index is 571. The van der Waals surface area contributed by atoms with E-state index in [1.807, 2.05) is 37.3 Å². The SMILES string of the molecule is CCN(c1cccc(F)c1)C(CN)c1ccc(OC)cc1. The molecule has 2 N–H and O–H groups in total. The highest BCUT2D eigenvalue weighted by Crippen LogP contribution is 2.28. The van der Waals surface area contributed by atoms with Gasteiger partial charge in [0.15, 0.2) is 0 Å². The summed E-state index contributed by atoms with van der Waals surface area (Å²) >= 11 is 0. The minimum absolute atomic E-state index is 0.00251. The normalized spacial score (nSPS) is 12.0. The molecule has 0 radical (unpaired) electrons. The van der Waals surface area contributed by atoms with Crippen LogP contribution < -0.4 is 15.4 Å². The Labute approximate surface area is 125 Å². The van der Waals surface area contributed by atoms with Crippen LogP contribution >= 0.6 is 0 Å². The Morgan fingerprint density at radius 3 is 2.43 bits per heavy atom. The number of methoxy groups -OCH3 is 1. The van der Waals surface area contributed by atoms with Crippen LogP contribution in [0, 0.1) is 5.82 Å². The van der Waals surface area contributed by atoms with Crippen LogP contribution in [0.5, 0.6) is 5.75 Å². The number of anilines is 1. The van der Waals surface area contributed by atoms with Gasteiger partial charge in [-0.15, -0.1) is 0 Å². The molecule has 2 aromatic rings. The maximum atomic E-state index is 13.5. The summed E-state index contributed by atoms with van der Waals surface area (Å²) in [5, 5.41) is 0. The molecule has 0 aliphatic carbocycles. The Kier molecular flexibility index (Phi) is 5.17. The van der Waals surface area contributed by atoms with E-state index in [0.29, 0.717) is 6.54 Å². The number of rotatable bonds is 6. The highest BCUT2D eigenvalue weighted by atomic mass is 19.1. The van der Waals surface area contributed by atoms with Gasteiger partial charge in [0.25, 0.3) is 0 Å². The second kappa shape index (κ2) is 7.09. The molecule has 2 aromatic carbocycles. The molecular weight excluding hydrogens is 267 g/mol. The standard InChI is InChI=1S/C17H21FN2O/c1-3-20(15-6-4-5-14(18)11-15)17(12-19)13-7-9-16(21-2)10-8-13/h4-11,17H,3,12,19H2,1-2H3. The average Bonchev–Trinajstić information content (AvgIpc) is 2.52. The van der Waals surface area contributed by atoms with Gasteiger partial charge < -0.3 is 15.4 Å². The molecule has 0 aliphatic rings. The highest BCUT2D eigenvalue weighted by molar-refractivity contribution is 5.49. The second-order valence-electron chi connectivity index (χ2n) is 4.79. The summed E-state index contributed by atoms with van der Waals surface area (Å²) < 4.78 is 18.6. The molecule has 0 amide bonds. The van der Waals surface area contributed by atoms with Gasteiger partial charge in [0.2, 0.25) is 0 Å². The van der Waals surface area contributed by atoms with Gasteiger partial charge in [-0.3, -0.25) is 0 Å². The summed E-state index contributed by atoms with van der Waals surface area (Å²) in [6.45, 7) is 3.24. The van der Waals surface area contributed by atoms with Crippen molar-refractivity contribution in [3.8, 4) is 5.75 Å². The zero-order valence-electron chi connectivity index (χ0n) is 12.4. The van der Waals surface area contributed by atoms with Crippen LogP contribution in [-0.4, -0.2) is 20.2 Å². The van der Waals surface area contributed by atoms with Crippen molar-refractivity contribution in [2.75, 3.05) is 25.1 Å². The second-order valence-corrected chi connectivity index (χ2v) is 4.79. The van der Waals surface area contributed by atoms with E-state index in [1.54, 1.807) is 13.2 Å². The number of nitrogens with zero attached hydrogens (tertiary/aromatic N) is 1. The van der Waals surface area contributed by atoms with E-state index in [4.69, 9.17) is 10.5 Å². The van der Waals surface area contributed by atoms with Gasteiger partial charge in [-0.2, -0.15) is 0 Å². The Morgan fingerprint density at radius 1 is 1.19 bits per heavy atom. The minimum Gasteiger partial charge on any atom is -0.497 e. The van der Waals surface area contributed by atoms with Crippen molar-refractivity contribution >= 4 is 5.69 Å². The van der Waals surface area contributed by atoms with Crippen molar-refractivity contribution in [3.05, 3.63) is 59.9 Å². The van der Waals surface area contributed by atoms with Crippen LogP contribution in [0.3, 0.4) is 0 Å². The molecule has 0 fully saturated rings. The largest absolute Gasteiger partial charge is 0.497 e. The van der Waals surface area contributed by atoms with Crippen molar-refractivity contribution in [3.63, 3.8) is 0 Å². The fourth-order valence-corrected chi connectivity index (χ4v) is 2.51. The average molecular weight is 288 g/mol. The highest BCUT2D eigenvalue weighted by Gasteiger charge is 2.18. The molecule has 0 heterocycles. The lowest BCUT2D eigenvalue weighted by molar-refractivity contribution is 0.414. The molecule has 4 heteroatoms. The summed E-state index contributed by atoms with van der Waals surface area (Å²) in [7, 11) is 1.64. The first-order chi connectivity index (χ1) is 10.2. The Hall–Kier alpha value is -2.07. The van der Waals surface area contributed by atoms with E-state index in [1.165, 1.54) is 12.1 Å². The number of ether oxygens (including phenoxy) is 1. The third kappa shape index (κ3) is 3.52. The smallest absolute Gasteiger partial charge is 0.125 e. The predicted molar refractivity (Wildman–Crippen MR) is 84.2 cm³/mol. The van der Waals surface area contributed by atoms with Gasteiger partial charge in [-0.25, -0.2) is 4.39 Å². The molecule has 112 valence electrons. The van der Waals surface area contributed by atoms with E-state index in [0.717, 1.165) is 23.5 Å². The van der Waals surface area contributed by atoms with Crippen molar-refractivity contribution in [1.29, 1.82) is 0 Å². The maximum Gasteiger partial charge on any atom is 0.125 e. The fourth-order valence-electron chi connectivity index (χ4n) is 2.51. The number of nitrogens with two attached hydrogens (primary N) is 1. The van der Waals surface area contributed by atoms with E-state index < -0.39 is 0 Å². The first kappa shape index (κ1) is 15.3. The quantitative estimate of drug-likeness (QED) is 0.886. The topological polar surface area (TPSA) is 38.5 Å². The summed E-state index contributed by atoms with van der Waals surface area (Å²) in [5.41, 5.74) is 7.88. The zero-order valence-corrected chi connectivity index (χ0v) is 12.4. The molecule has 0 spiro atoms. The first-order valence-electron chi connectivity index (χ1n) is 7.05. The van der Waals surface area contributed by atoms with Crippen molar-refractivity contribution in [2.24, 2.45) is 5.73 Å². The molecule has 0 saturated carbocycles. The zero-order chi connectivity index (χ0) is 15.2. The third-order valence-electron chi connectivity index (χ3n) is 3.58. The number of benzene rings is 2. The number of likely N-dealkylation sites (N-methyl/N-ethyl adjacent to an activating group) is 1. The Morgan fingerprint density at radius 2 is 1.90 bits per heavy atom. The molecule has 21 heavy (non-hydrogen) atoms. The predicted octanol–water partition coefficient (Wildman–Crippen LogP) is 3.36. The van der Waals surface area contributed by atoms with Crippen LogP contribution in [0.25, 0.3) is 0 Å². The molecule has 0 saturated heterocycles. The molecule has 0 aromatic heterocycles. The maximum absolute atomic E-state index is 13.5. The van der Waals surface area contributed by atoms with Gasteiger partial charge in [-0.1, -0.05) is 18.2 Å². The third-order valence-corrected chi connectivity index (χ3v) is 3.58. The van der Waals surface area contributed by atoms with E-state index in [-0.39, 0.29) is 11.9 Å². The van der Waals surface area contributed by atoms with Gasteiger partial charge in [0, 0.05) is 18.8 Å². The van der Waals surface area contributed by atoms with Crippen LogP contribution in [0.1, 0.15) is 18.5 Å². The molecular formula is C17H21FN2O. The number of hydrogen-bond acceptors (Lipinski definition) is 3.